The molecule has 7 heteroatoms. The molecule has 1 N–H and O–H groups in total. The Morgan fingerprint density at radius 1 is 1.33 bits per heavy atom. The summed E-state index contributed by atoms with van der Waals surface area (Å²) in [4.78, 5) is 9.79. The molecular formula is C14H21F3N4. The molecule has 21 heavy (non-hydrogen) atoms. The lowest BCUT2D eigenvalue weighted by Crippen LogP contribution is -2.31. The van der Waals surface area contributed by atoms with Crippen LogP contribution in [0.5, 0.6) is 0 Å². The van der Waals surface area contributed by atoms with E-state index < -0.39 is 11.9 Å². The maximum atomic E-state index is 13.0. The summed E-state index contributed by atoms with van der Waals surface area (Å²) in [5, 5.41) is 2.78. The fourth-order valence-electron chi connectivity index (χ4n) is 2.17. The zero-order valence-electron chi connectivity index (χ0n) is 12.5. The van der Waals surface area contributed by atoms with Crippen LogP contribution >= 0.6 is 0 Å². The minimum Gasteiger partial charge on any atom is -0.354 e. The SMILES string of the molecule is CCNc1nc(N(CC(C)C)C2CC2)cc(C(F)(F)F)n1. The van der Waals surface area contributed by atoms with Gasteiger partial charge in [-0.3, -0.25) is 0 Å². The molecule has 1 aliphatic rings. The second-order valence-electron chi connectivity index (χ2n) is 5.74. The Hall–Kier alpha value is -1.53. The van der Waals surface area contributed by atoms with Crippen molar-refractivity contribution in [1.82, 2.24) is 9.97 Å². The molecule has 1 aromatic heterocycles. The first kappa shape index (κ1) is 15.9. The molecule has 0 spiro atoms. The maximum Gasteiger partial charge on any atom is 0.433 e. The summed E-state index contributed by atoms with van der Waals surface area (Å²) in [6.45, 7) is 7.08. The van der Waals surface area contributed by atoms with E-state index in [0.29, 0.717) is 30.9 Å². The lowest BCUT2D eigenvalue weighted by molar-refractivity contribution is -0.141. The highest BCUT2D eigenvalue weighted by molar-refractivity contribution is 5.47. The second-order valence-corrected chi connectivity index (χ2v) is 5.74. The van der Waals surface area contributed by atoms with E-state index in [2.05, 4.69) is 15.3 Å². The van der Waals surface area contributed by atoms with Crippen LogP contribution in [-0.4, -0.2) is 29.1 Å². The molecule has 0 aromatic carbocycles. The fourth-order valence-corrected chi connectivity index (χ4v) is 2.17. The quantitative estimate of drug-likeness (QED) is 0.872. The van der Waals surface area contributed by atoms with Gasteiger partial charge in [-0.1, -0.05) is 13.8 Å². The highest BCUT2D eigenvalue weighted by atomic mass is 19.4. The summed E-state index contributed by atoms with van der Waals surface area (Å²) in [6, 6.07) is 1.36. The lowest BCUT2D eigenvalue weighted by Gasteiger charge is -2.26. The number of halogens is 3. The van der Waals surface area contributed by atoms with Gasteiger partial charge in [-0.2, -0.15) is 18.2 Å². The first-order valence-corrected chi connectivity index (χ1v) is 7.28. The van der Waals surface area contributed by atoms with E-state index in [-0.39, 0.29) is 5.95 Å². The van der Waals surface area contributed by atoms with E-state index >= 15 is 0 Å². The number of hydrogen-bond acceptors (Lipinski definition) is 4. The van der Waals surface area contributed by atoms with Gasteiger partial charge in [-0.15, -0.1) is 0 Å². The Bertz CT molecular complexity index is 484. The van der Waals surface area contributed by atoms with Gasteiger partial charge in [-0.05, 0) is 25.7 Å². The van der Waals surface area contributed by atoms with Crippen LogP contribution < -0.4 is 10.2 Å². The first-order chi connectivity index (χ1) is 9.81. The number of rotatable bonds is 6. The van der Waals surface area contributed by atoms with E-state index in [1.165, 1.54) is 0 Å². The Labute approximate surface area is 122 Å². The Kier molecular flexibility index (Phi) is 4.58. The zero-order valence-corrected chi connectivity index (χ0v) is 12.5. The molecule has 1 aliphatic carbocycles. The molecule has 0 amide bonds. The summed E-state index contributed by atoms with van der Waals surface area (Å²) in [5.41, 5.74) is -0.891. The topological polar surface area (TPSA) is 41.1 Å². The summed E-state index contributed by atoms with van der Waals surface area (Å²) in [5.74, 6) is 0.763. The first-order valence-electron chi connectivity index (χ1n) is 7.28. The summed E-state index contributed by atoms with van der Waals surface area (Å²) in [6.07, 6.45) is -2.45. The number of nitrogens with one attached hydrogen (secondary N) is 1. The largest absolute Gasteiger partial charge is 0.433 e. The minimum absolute atomic E-state index is 0.0386. The van der Waals surface area contributed by atoms with Crippen molar-refractivity contribution in [3.63, 3.8) is 0 Å². The maximum absolute atomic E-state index is 13.0. The van der Waals surface area contributed by atoms with Gasteiger partial charge >= 0.3 is 6.18 Å². The highest BCUT2D eigenvalue weighted by Crippen LogP contribution is 2.35. The van der Waals surface area contributed by atoms with Crippen molar-refractivity contribution in [2.45, 2.75) is 45.8 Å². The summed E-state index contributed by atoms with van der Waals surface area (Å²) >= 11 is 0. The molecule has 0 unspecified atom stereocenters. The predicted molar refractivity (Wildman–Crippen MR) is 76.4 cm³/mol. The van der Waals surface area contributed by atoms with E-state index in [9.17, 15) is 13.2 Å². The summed E-state index contributed by atoms with van der Waals surface area (Å²) < 4.78 is 39.0. The molecule has 0 bridgehead atoms. The fraction of sp³-hybridized carbons (Fsp3) is 0.714. The monoisotopic (exact) mass is 302 g/mol. The van der Waals surface area contributed by atoms with Crippen molar-refractivity contribution in [3.8, 4) is 0 Å². The average molecular weight is 302 g/mol. The van der Waals surface area contributed by atoms with Gasteiger partial charge < -0.3 is 10.2 Å². The van der Waals surface area contributed by atoms with Crippen LogP contribution in [0.2, 0.25) is 0 Å². The second kappa shape index (κ2) is 6.07. The molecule has 0 atom stereocenters. The Morgan fingerprint density at radius 3 is 2.48 bits per heavy atom. The third-order valence-corrected chi connectivity index (χ3v) is 3.18. The van der Waals surface area contributed by atoms with Crippen LogP contribution in [-0.2, 0) is 6.18 Å². The predicted octanol–water partition coefficient (Wildman–Crippen LogP) is 3.55. The van der Waals surface area contributed by atoms with Gasteiger partial charge in [0.2, 0.25) is 5.95 Å². The Morgan fingerprint density at radius 2 is 2.00 bits per heavy atom. The molecule has 0 saturated heterocycles. The van der Waals surface area contributed by atoms with E-state index in [4.69, 9.17) is 0 Å². The molecule has 118 valence electrons. The third-order valence-electron chi connectivity index (χ3n) is 3.18. The van der Waals surface area contributed by atoms with Crippen molar-refractivity contribution >= 4 is 11.8 Å². The van der Waals surface area contributed by atoms with Crippen molar-refractivity contribution in [1.29, 1.82) is 0 Å². The van der Waals surface area contributed by atoms with Gasteiger partial charge in [0.05, 0.1) is 0 Å². The number of alkyl halides is 3. The number of nitrogens with zero attached hydrogens (tertiary/aromatic N) is 3. The van der Waals surface area contributed by atoms with Crippen LogP contribution in [0.25, 0.3) is 0 Å². The molecule has 4 nitrogen and oxygen atoms in total. The van der Waals surface area contributed by atoms with Crippen LogP contribution in [0.1, 0.15) is 39.3 Å². The van der Waals surface area contributed by atoms with E-state index in [1.807, 2.05) is 18.7 Å². The number of hydrogen-bond donors (Lipinski definition) is 1. The van der Waals surface area contributed by atoms with E-state index in [0.717, 1.165) is 18.9 Å². The molecule has 0 radical (unpaired) electrons. The normalized spacial score (nSPS) is 15.4. The van der Waals surface area contributed by atoms with Crippen molar-refractivity contribution < 1.29 is 13.2 Å². The standard InChI is InChI=1S/C14H21F3N4/c1-4-18-13-19-11(14(15,16)17)7-12(20-13)21(8-9(2)3)10-5-6-10/h7,9-10H,4-6,8H2,1-3H3,(H,18,19,20). The Balaban J connectivity index is 2.37. The van der Waals surface area contributed by atoms with Crippen molar-refractivity contribution in [3.05, 3.63) is 11.8 Å². The van der Waals surface area contributed by atoms with Crippen LogP contribution in [0, 0.1) is 5.92 Å². The average Bonchev–Trinajstić information content (AvgIpc) is 3.19. The van der Waals surface area contributed by atoms with Gasteiger partial charge in [0.15, 0.2) is 5.69 Å². The third kappa shape index (κ3) is 4.22. The van der Waals surface area contributed by atoms with Crippen LogP contribution in [0.4, 0.5) is 24.9 Å². The van der Waals surface area contributed by atoms with Gasteiger partial charge in [-0.25, -0.2) is 4.98 Å². The smallest absolute Gasteiger partial charge is 0.354 e. The molecule has 1 saturated carbocycles. The minimum atomic E-state index is -4.46. The molecule has 0 aliphatic heterocycles. The molecule has 1 fully saturated rings. The molecular weight excluding hydrogens is 281 g/mol. The van der Waals surface area contributed by atoms with Crippen LogP contribution in [0.3, 0.4) is 0 Å². The lowest BCUT2D eigenvalue weighted by atomic mass is 10.2. The van der Waals surface area contributed by atoms with Gasteiger partial charge in [0, 0.05) is 25.2 Å². The highest BCUT2D eigenvalue weighted by Gasteiger charge is 2.36. The van der Waals surface area contributed by atoms with Gasteiger partial charge in [0.1, 0.15) is 5.82 Å². The molecule has 1 heterocycles. The number of anilines is 2. The molecule has 1 aromatic rings. The van der Waals surface area contributed by atoms with Crippen molar-refractivity contribution in [2.24, 2.45) is 5.92 Å². The number of aromatic nitrogens is 2. The summed E-state index contributed by atoms with van der Waals surface area (Å²) in [7, 11) is 0. The van der Waals surface area contributed by atoms with Gasteiger partial charge in [0.25, 0.3) is 0 Å². The zero-order chi connectivity index (χ0) is 15.6. The van der Waals surface area contributed by atoms with E-state index in [1.54, 1.807) is 6.92 Å². The molecule has 2 rings (SSSR count). The van der Waals surface area contributed by atoms with Crippen molar-refractivity contribution in [2.75, 3.05) is 23.3 Å². The van der Waals surface area contributed by atoms with Crippen LogP contribution in [0.15, 0.2) is 6.07 Å².